The van der Waals surface area contributed by atoms with Gasteiger partial charge in [-0.1, -0.05) is 6.07 Å². The summed E-state index contributed by atoms with van der Waals surface area (Å²) in [7, 11) is 0. The number of nitrogens with zero attached hydrogens (tertiary/aromatic N) is 1. The van der Waals surface area contributed by atoms with Crippen molar-refractivity contribution in [2.24, 2.45) is 0 Å². The maximum atomic E-state index is 12.5. The Morgan fingerprint density at radius 1 is 1.35 bits per heavy atom. The van der Waals surface area contributed by atoms with E-state index in [1.807, 2.05) is 0 Å². The highest BCUT2D eigenvalue weighted by Crippen LogP contribution is 2.28. The summed E-state index contributed by atoms with van der Waals surface area (Å²) in [5, 5.41) is 8.38. The van der Waals surface area contributed by atoms with E-state index in [0.717, 1.165) is 18.2 Å². The molecular formula is C10H10F3NO3. The largest absolute Gasteiger partial charge is 0.481 e. The number of halogens is 3. The Morgan fingerprint density at radius 3 is 2.53 bits per heavy atom. The third-order valence-electron chi connectivity index (χ3n) is 2.11. The molecule has 7 heteroatoms. The summed E-state index contributed by atoms with van der Waals surface area (Å²) in [5.74, 6) is -1.11. The molecule has 0 atom stereocenters. The molecule has 0 radical (unpaired) electrons. The Morgan fingerprint density at radius 2 is 2.00 bits per heavy atom. The van der Waals surface area contributed by atoms with Crippen molar-refractivity contribution in [1.82, 2.24) is 4.57 Å². The van der Waals surface area contributed by atoms with E-state index in [0.29, 0.717) is 4.57 Å². The van der Waals surface area contributed by atoms with Crippen LogP contribution >= 0.6 is 0 Å². The van der Waals surface area contributed by atoms with Crippen LogP contribution in [0.25, 0.3) is 0 Å². The number of alkyl halides is 3. The van der Waals surface area contributed by atoms with Crippen LogP contribution in [0.15, 0.2) is 23.0 Å². The van der Waals surface area contributed by atoms with Crippen LogP contribution in [0, 0.1) is 0 Å². The number of carboxylic acid groups (broad SMARTS) is 1. The van der Waals surface area contributed by atoms with Gasteiger partial charge >= 0.3 is 12.1 Å². The number of pyridine rings is 1. The number of carbonyl (C=O) groups is 1. The first-order valence-electron chi connectivity index (χ1n) is 4.81. The van der Waals surface area contributed by atoms with Crippen molar-refractivity contribution in [3.05, 3.63) is 34.2 Å². The Labute approximate surface area is 94.3 Å². The Balaban J connectivity index is 2.97. The van der Waals surface area contributed by atoms with Crippen molar-refractivity contribution in [1.29, 1.82) is 0 Å². The lowest BCUT2D eigenvalue weighted by atomic mass is 10.2. The van der Waals surface area contributed by atoms with E-state index in [2.05, 4.69) is 0 Å². The van der Waals surface area contributed by atoms with Crippen LogP contribution in [0.5, 0.6) is 0 Å². The molecule has 0 aromatic carbocycles. The van der Waals surface area contributed by atoms with E-state index < -0.39 is 23.4 Å². The van der Waals surface area contributed by atoms with Crippen molar-refractivity contribution >= 4 is 5.97 Å². The number of rotatable bonds is 4. The van der Waals surface area contributed by atoms with Crippen LogP contribution in [0.1, 0.15) is 18.5 Å². The first-order valence-corrected chi connectivity index (χ1v) is 4.81. The molecule has 0 saturated heterocycles. The molecule has 94 valence electrons. The summed E-state index contributed by atoms with van der Waals surface area (Å²) in [5.41, 5.74) is -1.85. The highest BCUT2D eigenvalue weighted by molar-refractivity contribution is 5.66. The first-order chi connectivity index (χ1) is 7.82. The molecule has 1 N–H and O–H groups in total. The molecule has 1 heterocycles. The molecule has 4 nitrogen and oxygen atoms in total. The minimum absolute atomic E-state index is 0.0255. The number of carboxylic acids is 1. The van der Waals surface area contributed by atoms with Crippen molar-refractivity contribution in [2.75, 3.05) is 0 Å². The van der Waals surface area contributed by atoms with Gasteiger partial charge in [0.2, 0.25) is 0 Å². The van der Waals surface area contributed by atoms with Gasteiger partial charge in [-0.25, -0.2) is 0 Å². The molecule has 0 spiro atoms. The fourth-order valence-corrected chi connectivity index (χ4v) is 1.39. The van der Waals surface area contributed by atoms with Crippen molar-refractivity contribution in [2.45, 2.75) is 25.6 Å². The van der Waals surface area contributed by atoms with Crippen LogP contribution in [0.3, 0.4) is 0 Å². The predicted octanol–water partition coefficient (Wildman–Crippen LogP) is 1.73. The molecular weight excluding hydrogens is 239 g/mol. The second kappa shape index (κ2) is 5.03. The average Bonchev–Trinajstić information content (AvgIpc) is 2.18. The quantitative estimate of drug-likeness (QED) is 0.884. The normalized spacial score (nSPS) is 11.5. The number of aliphatic carboxylic acids is 1. The van der Waals surface area contributed by atoms with E-state index in [1.165, 1.54) is 0 Å². The summed E-state index contributed by atoms with van der Waals surface area (Å²) in [6.07, 6.45) is -4.93. The fraction of sp³-hybridized carbons (Fsp3) is 0.400. The molecule has 0 aliphatic carbocycles. The van der Waals surface area contributed by atoms with Crippen LogP contribution < -0.4 is 5.56 Å². The second-order valence-electron chi connectivity index (χ2n) is 3.40. The zero-order valence-electron chi connectivity index (χ0n) is 8.70. The topological polar surface area (TPSA) is 59.3 Å². The smallest absolute Gasteiger partial charge is 0.431 e. The van der Waals surface area contributed by atoms with Gasteiger partial charge in [-0.05, 0) is 12.5 Å². The van der Waals surface area contributed by atoms with Gasteiger partial charge in [-0.2, -0.15) is 13.2 Å². The Kier molecular flexibility index (Phi) is 3.93. The van der Waals surface area contributed by atoms with Gasteiger partial charge in [0.1, 0.15) is 5.69 Å². The maximum Gasteiger partial charge on any atom is 0.431 e. The molecule has 0 unspecified atom stereocenters. The highest BCUT2D eigenvalue weighted by Gasteiger charge is 2.33. The van der Waals surface area contributed by atoms with Crippen LogP contribution in [0.4, 0.5) is 13.2 Å². The van der Waals surface area contributed by atoms with E-state index in [-0.39, 0.29) is 19.4 Å². The summed E-state index contributed by atoms with van der Waals surface area (Å²) in [6, 6.07) is 2.83. The van der Waals surface area contributed by atoms with Gasteiger partial charge in [0, 0.05) is 19.0 Å². The molecule has 1 rings (SSSR count). The maximum absolute atomic E-state index is 12.5. The SMILES string of the molecule is O=C(O)CCCn1c(C(F)(F)F)cccc1=O. The van der Waals surface area contributed by atoms with Gasteiger partial charge in [-0.3, -0.25) is 9.59 Å². The van der Waals surface area contributed by atoms with Gasteiger partial charge in [0.05, 0.1) is 0 Å². The van der Waals surface area contributed by atoms with Gasteiger partial charge in [0.25, 0.3) is 5.56 Å². The molecule has 0 amide bonds. The average molecular weight is 249 g/mol. The zero-order valence-corrected chi connectivity index (χ0v) is 8.70. The van der Waals surface area contributed by atoms with Gasteiger partial charge in [-0.15, -0.1) is 0 Å². The molecule has 0 aliphatic heterocycles. The standard InChI is InChI=1S/C10H10F3NO3/c11-10(12,13)7-3-1-4-8(15)14(7)6-2-5-9(16)17/h1,3-4H,2,5-6H2,(H,16,17). The number of hydrogen-bond acceptors (Lipinski definition) is 2. The molecule has 0 saturated carbocycles. The third kappa shape index (κ3) is 3.61. The lowest BCUT2D eigenvalue weighted by Crippen LogP contribution is -2.27. The first kappa shape index (κ1) is 13.3. The Hall–Kier alpha value is -1.79. The molecule has 0 fully saturated rings. The molecule has 0 aliphatic rings. The minimum Gasteiger partial charge on any atom is -0.481 e. The molecule has 1 aromatic rings. The minimum atomic E-state index is -4.62. The van der Waals surface area contributed by atoms with E-state index in [1.54, 1.807) is 0 Å². The monoisotopic (exact) mass is 249 g/mol. The molecule has 1 aromatic heterocycles. The fourth-order valence-electron chi connectivity index (χ4n) is 1.39. The highest BCUT2D eigenvalue weighted by atomic mass is 19.4. The summed E-state index contributed by atoms with van der Waals surface area (Å²) in [4.78, 5) is 21.5. The molecule has 0 bridgehead atoms. The second-order valence-corrected chi connectivity index (χ2v) is 3.40. The van der Waals surface area contributed by atoms with Crippen molar-refractivity contribution in [3.8, 4) is 0 Å². The van der Waals surface area contributed by atoms with Gasteiger partial charge in [0.15, 0.2) is 0 Å². The van der Waals surface area contributed by atoms with Gasteiger partial charge < -0.3 is 9.67 Å². The van der Waals surface area contributed by atoms with Crippen molar-refractivity contribution < 1.29 is 23.1 Å². The summed E-state index contributed by atoms with van der Waals surface area (Å²) in [6.45, 7) is -0.263. The van der Waals surface area contributed by atoms with E-state index >= 15 is 0 Å². The third-order valence-corrected chi connectivity index (χ3v) is 2.11. The summed E-state index contributed by atoms with van der Waals surface area (Å²) >= 11 is 0. The van der Waals surface area contributed by atoms with Crippen LogP contribution in [-0.4, -0.2) is 15.6 Å². The van der Waals surface area contributed by atoms with E-state index in [4.69, 9.17) is 5.11 Å². The molecule has 17 heavy (non-hydrogen) atoms. The number of hydrogen-bond donors (Lipinski definition) is 1. The zero-order chi connectivity index (χ0) is 13.1. The predicted molar refractivity (Wildman–Crippen MR) is 52.6 cm³/mol. The summed E-state index contributed by atoms with van der Waals surface area (Å²) < 4.78 is 38.2. The lowest BCUT2D eigenvalue weighted by Gasteiger charge is -2.14. The van der Waals surface area contributed by atoms with E-state index in [9.17, 15) is 22.8 Å². The lowest BCUT2D eigenvalue weighted by molar-refractivity contribution is -0.144. The van der Waals surface area contributed by atoms with Crippen LogP contribution in [-0.2, 0) is 17.5 Å². The Bertz CT molecular complexity index is 465. The van der Waals surface area contributed by atoms with Crippen molar-refractivity contribution in [3.63, 3.8) is 0 Å². The van der Waals surface area contributed by atoms with Crippen LogP contribution in [0.2, 0.25) is 0 Å². The number of aromatic nitrogens is 1.